The highest BCUT2D eigenvalue weighted by Crippen LogP contribution is 2.22. The fourth-order valence-corrected chi connectivity index (χ4v) is 2.50. The molecular weight excluding hydrogens is 264 g/mol. The fraction of sp³-hybridized carbons (Fsp3) is 0.294. The Labute approximate surface area is 124 Å². The van der Waals surface area contributed by atoms with Crippen LogP contribution in [-0.2, 0) is 16.1 Å². The molecule has 1 aliphatic rings. The van der Waals surface area contributed by atoms with Crippen molar-refractivity contribution < 1.29 is 9.53 Å². The lowest BCUT2D eigenvalue weighted by Gasteiger charge is -2.25. The van der Waals surface area contributed by atoms with Crippen molar-refractivity contribution in [2.75, 3.05) is 11.5 Å². The third kappa shape index (κ3) is 3.28. The van der Waals surface area contributed by atoms with Gasteiger partial charge >= 0.3 is 0 Å². The van der Waals surface area contributed by atoms with E-state index in [1.165, 1.54) is 0 Å². The number of hydrogen-bond donors (Lipinski definition) is 0. The summed E-state index contributed by atoms with van der Waals surface area (Å²) in [5.74, 6) is 0.0179. The molecule has 0 spiro atoms. The van der Waals surface area contributed by atoms with E-state index in [2.05, 4.69) is 4.98 Å². The standard InChI is InChI=1S/C17H18N2O2/c20-17(16-10-6-12-21-16)19(15-8-2-1-3-9-15)13-14-7-4-5-11-18-14/h1-5,7-9,11,16H,6,10,12-13H2/t16-/m0/s1. The molecule has 0 bridgehead atoms. The lowest BCUT2D eigenvalue weighted by molar-refractivity contribution is -0.127. The number of para-hydroxylation sites is 1. The number of benzene rings is 1. The molecule has 2 aromatic rings. The molecule has 0 N–H and O–H groups in total. The van der Waals surface area contributed by atoms with Crippen LogP contribution in [0.15, 0.2) is 54.7 Å². The summed E-state index contributed by atoms with van der Waals surface area (Å²) in [7, 11) is 0. The number of carbonyl (C=O) groups is 1. The Balaban J connectivity index is 1.85. The Morgan fingerprint density at radius 1 is 1.19 bits per heavy atom. The molecule has 1 amide bonds. The smallest absolute Gasteiger partial charge is 0.256 e. The first-order chi connectivity index (χ1) is 10.3. The molecule has 21 heavy (non-hydrogen) atoms. The number of aromatic nitrogens is 1. The first-order valence-electron chi connectivity index (χ1n) is 7.22. The highest BCUT2D eigenvalue weighted by Gasteiger charge is 2.29. The van der Waals surface area contributed by atoms with E-state index in [1.807, 2.05) is 48.5 Å². The van der Waals surface area contributed by atoms with E-state index in [0.717, 1.165) is 24.2 Å². The third-order valence-electron chi connectivity index (χ3n) is 3.59. The molecule has 1 saturated heterocycles. The molecule has 0 aliphatic carbocycles. The molecule has 2 heterocycles. The van der Waals surface area contributed by atoms with E-state index in [1.54, 1.807) is 11.1 Å². The average Bonchev–Trinajstić information content (AvgIpc) is 3.08. The van der Waals surface area contributed by atoms with Gasteiger partial charge in [0, 0.05) is 18.5 Å². The third-order valence-corrected chi connectivity index (χ3v) is 3.59. The van der Waals surface area contributed by atoms with Crippen molar-refractivity contribution in [3.8, 4) is 0 Å². The van der Waals surface area contributed by atoms with Crippen LogP contribution in [0.25, 0.3) is 0 Å². The SMILES string of the molecule is O=C([C@@H]1CCCO1)N(Cc1ccccn1)c1ccccc1. The van der Waals surface area contributed by atoms with Crippen molar-refractivity contribution in [1.82, 2.24) is 4.98 Å². The molecule has 4 nitrogen and oxygen atoms in total. The summed E-state index contributed by atoms with van der Waals surface area (Å²) in [5.41, 5.74) is 1.75. The van der Waals surface area contributed by atoms with Crippen molar-refractivity contribution in [1.29, 1.82) is 0 Å². The van der Waals surface area contributed by atoms with Gasteiger partial charge in [-0.2, -0.15) is 0 Å². The summed E-state index contributed by atoms with van der Waals surface area (Å²) < 4.78 is 5.54. The summed E-state index contributed by atoms with van der Waals surface area (Å²) in [6.45, 7) is 1.13. The number of rotatable bonds is 4. The van der Waals surface area contributed by atoms with Gasteiger partial charge in [0.2, 0.25) is 0 Å². The highest BCUT2D eigenvalue weighted by atomic mass is 16.5. The van der Waals surface area contributed by atoms with Crippen LogP contribution in [0.1, 0.15) is 18.5 Å². The van der Waals surface area contributed by atoms with Crippen molar-refractivity contribution >= 4 is 11.6 Å². The molecule has 108 valence electrons. The first-order valence-corrected chi connectivity index (χ1v) is 7.22. The molecule has 4 heteroatoms. The maximum absolute atomic E-state index is 12.7. The van der Waals surface area contributed by atoms with Crippen LogP contribution >= 0.6 is 0 Å². The van der Waals surface area contributed by atoms with Gasteiger partial charge in [0.25, 0.3) is 5.91 Å². The molecule has 1 aromatic carbocycles. The van der Waals surface area contributed by atoms with Gasteiger partial charge in [0.15, 0.2) is 0 Å². The van der Waals surface area contributed by atoms with Crippen LogP contribution in [0.4, 0.5) is 5.69 Å². The number of pyridine rings is 1. The van der Waals surface area contributed by atoms with Crippen molar-refractivity contribution in [3.05, 3.63) is 60.4 Å². The summed E-state index contributed by atoms with van der Waals surface area (Å²) in [6, 6.07) is 15.4. The van der Waals surface area contributed by atoms with Gasteiger partial charge in [-0.15, -0.1) is 0 Å². The van der Waals surface area contributed by atoms with Crippen LogP contribution in [0.5, 0.6) is 0 Å². The van der Waals surface area contributed by atoms with Gasteiger partial charge in [0.1, 0.15) is 6.10 Å². The normalized spacial score (nSPS) is 17.6. The summed E-state index contributed by atoms with van der Waals surface area (Å²) in [6.07, 6.45) is 3.16. The summed E-state index contributed by atoms with van der Waals surface area (Å²) in [4.78, 5) is 18.8. The quantitative estimate of drug-likeness (QED) is 0.866. The number of amides is 1. The predicted octanol–water partition coefficient (Wildman–Crippen LogP) is 2.79. The second kappa shape index (κ2) is 6.50. The minimum Gasteiger partial charge on any atom is -0.368 e. The fourth-order valence-electron chi connectivity index (χ4n) is 2.50. The monoisotopic (exact) mass is 282 g/mol. The van der Waals surface area contributed by atoms with E-state index >= 15 is 0 Å². The van der Waals surface area contributed by atoms with E-state index < -0.39 is 0 Å². The first kappa shape index (κ1) is 13.8. The van der Waals surface area contributed by atoms with Gasteiger partial charge in [-0.3, -0.25) is 9.78 Å². The Hall–Kier alpha value is -2.20. The van der Waals surface area contributed by atoms with Crippen LogP contribution < -0.4 is 4.90 Å². The van der Waals surface area contributed by atoms with Crippen molar-refractivity contribution in [3.63, 3.8) is 0 Å². The van der Waals surface area contributed by atoms with Gasteiger partial charge in [-0.1, -0.05) is 24.3 Å². The Morgan fingerprint density at radius 2 is 2.00 bits per heavy atom. The van der Waals surface area contributed by atoms with Gasteiger partial charge in [-0.25, -0.2) is 0 Å². The van der Waals surface area contributed by atoms with Gasteiger partial charge < -0.3 is 9.64 Å². The molecule has 0 saturated carbocycles. The van der Waals surface area contributed by atoms with Gasteiger partial charge in [0.05, 0.1) is 12.2 Å². The Morgan fingerprint density at radius 3 is 2.67 bits per heavy atom. The molecule has 1 aliphatic heterocycles. The van der Waals surface area contributed by atoms with E-state index in [0.29, 0.717) is 13.2 Å². The summed E-state index contributed by atoms with van der Waals surface area (Å²) >= 11 is 0. The van der Waals surface area contributed by atoms with E-state index in [4.69, 9.17) is 4.74 Å². The molecule has 1 fully saturated rings. The Kier molecular flexibility index (Phi) is 4.26. The van der Waals surface area contributed by atoms with Crippen LogP contribution in [-0.4, -0.2) is 23.6 Å². The number of nitrogens with zero attached hydrogens (tertiary/aromatic N) is 2. The molecule has 1 aromatic heterocycles. The van der Waals surface area contributed by atoms with Crippen LogP contribution in [0.3, 0.4) is 0 Å². The maximum atomic E-state index is 12.7. The lowest BCUT2D eigenvalue weighted by atomic mass is 10.2. The van der Waals surface area contributed by atoms with Gasteiger partial charge in [-0.05, 0) is 37.1 Å². The predicted molar refractivity (Wildman–Crippen MR) is 80.8 cm³/mol. The lowest BCUT2D eigenvalue weighted by Crippen LogP contribution is -2.38. The molecule has 0 unspecified atom stereocenters. The highest BCUT2D eigenvalue weighted by molar-refractivity contribution is 5.96. The number of hydrogen-bond acceptors (Lipinski definition) is 3. The second-order valence-electron chi connectivity index (χ2n) is 5.08. The molecule has 1 atom stereocenters. The van der Waals surface area contributed by atoms with Crippen LogP contribution in [0, 0.1) is 0 Å². The zero-order valence-electron chi connectivity index (χ0n) is 11.8. The Bertz CT molecular complexity index is 580. The largest absolute Gasteiger partial charge is 0.368 e. The topological polar surface area (TPSA) is 42.4 Å². The average molecular weight is 282 g/mol. The zero-order valence-corrected chi connectivity index (χ0v) is 11.8. The van der Waals surface area contributed by atoms with Crippen molar-refractivity contribution in [2.45, 2.75) is 25.5 Å². The second-order valence-corrected chi connectivity index (χ2v) is 5.08. The van der Waals surface area contributed by atoms with Crippen LogP contribution in [0.2, 0.25) is 0 Å². The minimum absolute atomic E-state index is 0.0179. The number of ether oxygens (including phenoxy) is 1. The minimum atomic E-state index is -0.325. The maximum Gasteiger partial charge on any atom is 0.256 e. The van der Waals surface area contributed by atoms with E-state index in [9.17, 15) is 4.79 Å². The van der Waals surface area contributed by atoms with E-state index in [-0.39, 0.29) is 12.0 Å². The molecular formula is C17H18N2O2. The van der Waals surface area contributed by atoms with Crippen molar-refractivity contribution in [2.24, 2.45) is 0 Å². The molecule has 0 radical (unpaired) electrons. The summed E-state index contributed by atoms with van der Waals surface area (Å²) in [5, 5.41) is 0. The number of carbonyl (C=O) groups excluding carboxylic acids is 1. The molecule has 3 rings (SSSR count). The number of anilines is 1. The zero-order chi connectivity index (χ0) is 14.5.